The minimum atomic E-state index is 0.878. The molecule has 3 heterocycles. The fourth-order valence-electron chi connectivity index (χ4n) is 1.92. The predicted molar refractivity (Wildman–Crippen MR) is 74.4 cm³/mol. The molecule has 0 bridgehead atoms. The Morgan fingerprint density at radius 2 is 2.06 bits per heavy atom. The third-order valence-electron chi connectivity index (χ3n) is 2.83. The first-order valence-corrected chi connectivity index (χ1v) is 6.78. The van der Waals surface area contributed by atoms with E-state index in [-0.39, 0.29) is 0 Å². The molecule has 0 saturated heterocycles. The van der Waals surface area contributed by atoms with Crippen molar-refractivity contribution in [2.45, 2.75) is 13.5 Å². The van der Waals surface area contributed by atoms with Gasteiger partial charge in [-0.25, -0.2) is 0 Å². The van der Waals surface area contributed by atoms with Crippen molar-refractivity contribution < 1.29 is 0 Å². The van der Waals surface area contributed by atoms with Gasteiger partial charge in [-0.15, -0.1) is 11.3 Å². The molecule has 0 spiro atoms. The number of hydrogen-bond donors (Lipinski definition) is 0. The smallest absolute Gasteiger partial charge is 0.110 e. The number of thiophene rings is 1. The summed E-state index contributed by atoms with van der Waals surface area (Å²) in [6, 6.07) is 8.21. The Hall–Kier alpha value is -1.94. The van der Waals surface area contributed by atoms with Gasteiger partial charge in [0.05, 0.1) is 4.88 Å². The quantitative estimate of drug-likeness (QED) is 0.714. The average molecular weight is 255 g/mol. The summed E-state index contributed by atoms with van der Waals surface area (Å²) in [6.45, 7) is 2.98. The largest absolute Gasteiger partial charge is 0.272 e. The lowest BCUT2D eigenvalue weighted by molar-refractivity contribution is 0.662. The first-order valence-electron chi connectivity index (χ1n) is 5.90. The lowest BCUT2D eigenvalue weighted by atomic mass is 10.1. The third kappa shape index (κ3) is 1.95. The van der Waals surface area contributed by atoms with E-state index >= 15 is 0 Å². The Morgan fingerprint density at radius 1 is 1.22 bits per heavy atom. The van der Waals surface area contributed by atoms with Crippen molar-refractivity contribution in [3.63, 3.8) is 0 Å². The van der Waals surface area contributed by atoms with Crippen LogP contribution in [-0.2, 0) is 6.54 Å². The summed E-state index contributed by atoms with van der Waals surface area (Å²) in [5.74, 6) is 0. The molecule has 0 unspecified atom stereocenters. The average Bonchev–Trinajstić information content (AvgIpc) is 3.08. The number of nitrogens with zero attached hydrogens (tertiary/aromatic N) is 3. The second-order valence-electron chi connectivity index (χ2n) is 3.96. The summed E-state index contributed by atoms with van der Waals surface area (Å²) in [5.41, 5.74) is 3.38. The molecule has 0 N–H and O–H groups in total. The normalized spacial score (nSPS) is 10.7. The maximum atomic E-state index is 4.65. The second-order valence-corrected chi connectivity index (χ2v) is 4.91. The van der Waals surface area contributed by atoms with Crippen LogP contribution in [0.5, 0.6) is 0 Å². The van der Waals surface area contributed by atoms with Gasteiger partial charge in [0.2, 0.25) is 0 Å². The van der Waals surface area contributed by atoms with Crippen LogP contribution in [0.1, 0.15) is 6.92 Å². The Balaban J connectivity index is 2.17. The van der Waals surface area contributed by atoms with Crippen LogP contribution in [0.25, 0.3) is 21.7 Å². The molecule has 4 heteroatoms. The van der Waals surface area contributed by atoms with E-state index in [0.29, 0.717) is 0 Å². The Labute approximate surface area is 110 Å². The molecule has 3 aromatic rings. The van der Waals surface area contributed by atoms with Crippen LogP contribution < -0.4 is 0 Å². The summed E-state index contributed by atoms with van der Waals surface area (Å²) < 4.78 is 1.98. The van der Waals surface area contributed by atoms with Crippen LogP contribution in [0.15, 0.2) is 48.2 Å². The van der Waals surface area contributed by atoms with Crippen LogP contribution >= 0.6 is 11.3 Å². The Kier molecular flexibility index (Phi) is 2.94. The number of aryl methyl sites for hydroxylation is 1. The fraction of sp³-hybridized carbons (Fsp3) is 0.143. The maximum Gasteiger partial charge on any atom is 0.110 e. The second kappa shape index (κ2) is 4.74. The molecule has 0 fully saturated rings. The summed E-state index contributed by atoms with van der Waals surface area (Å²) in [5, 5.41) is 6.73. The van der Waals surface area contributed by atoms with Crippen molar-refractivity contribution in [3.05, 3.63) is 48.2 Å². The Morgan fingerprint density at radius 3 is 2.72 bits per heavy atom. The number of hydrogen-bond acceptors (Lipinski definition) is 3. The van der Waals surface area contributed by atoms with E-state index in [1.165, 1.54) is 10.4 Å². The molecule has 90 valence electrons. The standard InChI is InChI=1S/C14H13N3S/c1-2-17-10-12(11-5-7-15-8-6-11)14(16-17)13-4-3-9-18-13/h3-10H,2H2,1H3. The molecule has 3 nitrogen and oxygen atoms in total. The monoisotopic (exact) mass is 255 g/mol. The zero-order valence-corrected chi connectivity index (χ0v) is 10.9. The highest BCUT2D eigenvalue weighted by atomic mass is 32.1. The first-order chi connectivity index (χ1) is 8.88. The topological polar surface area (TPSA) is 30.7 Å². The molecule has 0 atom stereocenters. The number of aromatic nitrogens is 3. The highest BCUT2D eigenvalue weighted by Crippen LogP contribution is 2.33. The molecule has 0 saturated carbocycles. The lowest BCUT2D eigenvalue weighted by Crippen LogP contribution is -1.93. The third-order valence-corrected chi connectivity index (χ3v) is 3.71. The van der Waals surface area contributed by atoms with Gasteiger partial charge in [-0.1, -0.05) is 6.07 Å². The zero-order chi connectivity index (χ0) is 12.4. The van der Waals surface area contributed by atoms with Crippen molar-refractivity contribution in [2.75, 3.05) is 0 Å². The predicted octanol–water partition coefficient (Wildman–Crippen LogP) is 3.69. The highest BCUT2D eigenvalue weighted by molar-refractivity contribution is 7.13. The molecule has 3 aromatic heterocycles. The first kappa shape index (κ1) is 11.2. The summed E-state index contributed by atoms with van der Waals surface area (Å²) >= 11 is 1.72. The van der Waals surface area contributed by atoms with Gasteiger partial charge >= 0.3 is 0 Å². The highest BCUT2D eigenvalue weighted by Gasteiger charge is 2.13. The van der Waals surface area contributed by atoms with E-state index in [0.717, 1.165) is 17.8 Å². The van der Waals surface area contributed by atoms with Crippen LogP contribution in [0.4, 0.5) is 0 Å². The van der Waals surface area contributed by atoms with Crippen molar-refractivity contribution in [1.29, 1.82) is 0 Å². The molecule has 0 aliphatic rings. The van der Waals surface area contributed by atoms with E-state index in [2.05, 4.69) is 40.7 Å². The van der Waals surface area contributed by atoms with Crippen LogP contribution in [0.2, 0.25) is 0 Å². The van der Waals surface area contributed by atoms with Crippen LogP contribution in [-0.4, -0.2) is 14.8 Å². The maximum absolute atomic E-state index is 4.65. The zero-order valence-electron chi connectivity index (χ0n) is 10.1. The van der Waals surface area contributed by atoms with Crippen molar-refractivity contribution in [1.82, 2.24) is 14.8 Å². The van der Waals surface area contributed by atoms with Gasteiger partial charge in [-0.2, -0.15) is 5.10 Å². The minimum Gasteiger partial charge on any atom is -0.272 e. The molecule has 18 heavy (non-hydrogen) atoms. The molecule has 0 aromatic carbocycles. The van der Waals surface area contributed by atoms with E-state index in [9.17, 15) is 0 Å². The molecule has 0 aliphatic carbocycles. The summed E-state index contributed by atoms with van der Waals surface area (Å²) in [7, 11) is 0. The van der Waals surface area contributed by atoms with E-state index < -0.39 is 0 Å². The van der Waals surface area contributed by atoms with Gasteiger partial charge in [-0.05, 0) is 36.1 Å². The van der Waals surface area contributed by atoms with Gasteiger partial charge in [0.1, 0.15) is 5.69 Å². The van der Waals surface area contributed by atoms with Crippen LogP contribution in [0, 0.1) is 0 Å². The molecule has 3 rings (SSSR count). The Bertz CT molecular complexity index is 626. The molecule has 0 aliphatic heterocycles. The molecular weight excluding hydrogens is 242 g/mol. The van der Waals surface area contributed by atoms with E-state index in [4.69, 9.17) is 0 Å². The molecular formula is C14H13N3S. The molecule has 0 amide bonds. The fourth-order valence-corrected chi connectivity index (χ4v) is 2.64. The van der Waals surface area contributed by atoms with Gasteiger partial charge in [0.25, 0.3) is 0 Å². The summed E-state index contributed by atoms with van der Waals surface area (Å²) in [4.78, 5) is 5.27. The lowest BCUT2D eigenvalue weighted by Gasteiger charge is -1.99. The number of pyridine rings is 1. The van der Waals surface area contributed by atoms with Gasteiger partial charge < -0.3 is 0 Å². The van der Waals surface area contributed by atoms with Crippen molar-refractivity contribution in [2.24, 2.45) is 0 Å². The SMILES string of the molecule is CCn1cc(-c2ccncc2)c(-c2cccs2)n1. The summed E-state index contributed by atoms with van der Waals surface area (Å²) in [6.07, 6.45) is 5.73. The van der Waals surface area contributed by atoms with E-state index in [1.807, 2.05) is 29.2 Å². The minimum absolute atomic E-state index is 0.878. The number of rotatable bonds is 3. The van der Waals surface area contributed by atoms with Crippen molar-refractivity contribution in [3.8, 4) is 21.7 Å². The van der Waals surface area contributed by atoms with Gasteiger partial charge in [0.15, 0.2) is 0 Å². The van der Waals surface area contributed by atoms with Crippen LogP contribution in [0.3, 0.4) is 0 Å². The van der Waals surface area contributed by atoms with Gasteiger partial charge in [-0.3, -0.25) is 9.67 Å². The van der Waals surface area contributed by atoms with Gasteiger partial charge in [0, 0.05) is 30.7 Å². The van der Waals surface area contributed by atoms with E-state index in [1.54, 1.807) is 11.3 Å². The van der Waals surface area contributed by atoms with Crippen molar-refractivity contribution >= 4 is 11.3 Å². The molecule has 0 radical (unpaired) electrons.